The lowest BCUT2D eigenvalue weighted by molar-refractivity contribution is 0.362. The average Bonchev–Trinajstić information content (AvgIpc) is 2.53. The summed E-state index contributed by atoms with van der Waals surface area (Å²) in [6.45, 7) is 4.68. The second-order valence-corrected chi connectivity index (χ2v) is 5.46. The normalized spacial score (nSPS) is 10.6. The van der Waals surface area contributed by atoms with Gasteiger partial charge in [-0.05, 0) is 55.3 Å². The van der Waals surface area contributed by atoms with Gasteiger partial charge in [0.05, 0.1) is 7.11 Å². The van der Waals surface area contributed by atoms with Crippen molar-refractivity contribution >= 4 is 12.2 Å². The van der Waals surface area contributed by atoms with Crippen LogP contribution in [0.5, 0.6) is 17.2 Å². The van der Waals surface area contributed by atoms with Gasteiger partial charge in [0.2, 0.25) is 0 Å². The predicted molar refractivity (Wildman–Crippen MR) is 95.0 cm³/mol. The van der Waals surface area contributed by atoms with Crippen LogP contribution in [-0.2, 0) is 0 Å². The van der Waals surface area contributed by atoms with Gasteiger partial charge in [-0.2, -0.15) is 0 Å². The molecule has 0 aliphatic heterocycles. The topological polar surface area (TPSA) is 38.7 Å². The fraction of sp³-hybridized carbons (Fsp3) is 0.200. The Morgan fingerprint density at radius 1 is 0.957 bits per heavy atom. The molecule has 0 aromatic heterocycles. The van der Waals surface area contributed by atoms with Crippen molar-refractivity contribution in [3.05, 3.63) is 65.2 Å². The van der Waals surface area contributed by atoms with Crippen LogP contribution >= 0.6 is 0 Å². The number of aromatic hydroxyl groups is 1. The molecular weight excluding hydrogens is 288 g/mol. The summed E-state index contributed by atoms with van der Waals surface area (Å²) in [5.74, 6) is 1.67. The molecule has 0 spiro atoms. The number of ether oxygens (including phenoxy) is 2. The lowest BCUT2D eigenvalue weighted by Gasteiger charge is -2.04. The molecule has 2 aromatic carbocycles. The standard InChI is InChI=1S/C20H22O3/c1-15(2)10-11-23-19-8-6-16(7-9-19)4-5-17-12-18(21)14-20(13-17)22-3/h4-10,12-14,21H,11H2,1-3H3/b5-4+. The molecule has 0 amide bonds. The zero-order valence-electron chi connectivity index (χ0n) is 13.7. The van der Waals surface area contributed by atoms with Crippen LogP contribution in [0, 0.1) is 0 Å². The molecule has 1 N–H and O–H groups in total. The summed E-state index contributed by atoms with van der Waals surface area (Å²) in [7, 11) is 1.58. The van der Waals surface area contributed by atoms with Crippen LogP contribution in [0.15, 0.2) is 54.1 Å². The third-order valence-electron chi connectivity index (χ3n) is 3.24. The Morgan fingerprint density at radius 2 is 1.65 bits per heavy atom. The molecule has 0 radical (unpaired) electrons. The first-order valence-corrected chi connectivity index (χ1v) is 7.49. The quantitative estimate of drug-likeness (QED) is 0.608. The molecule has 23 heavy (non-hydrogen) atoms. The fourth-order valence-corrected chi connectivity index (χ4v) is 1.99. The molecule has 0 aliphatic carbocycles. The highest BCUT2D eigenvalue weighted by atomic mass is 16.5. The molecule has 0 fully saturated rings. The van der Waals surface area contributed by atoms with Crippen LogP contribution in [-0.4, -0.2) is 18.8 Å². The van der Waals surface area contributed by atoms with Crippen molar-refractivity contribution in [1.82, 2.24) is 0 Å². The van der Waals surface area contributed by atoms with Gasteiger partial charge in [-0.3, -0.25) is 0 Å². The molecule has 0 unspecified atom stereocenters. The van der Waals surface area contributed by atoms with E-state index in [1.165, 1.54) is 5.57 Å². The third kappa shape index (κ3) is 5.55. The van der Waals surface area contributed by atoms with Crippen molar-refractivity contribution in [2.45, 2.75) is 13.8 Å². The van der Waals surface area contributed by atoms with Gasteiger partial charge < -0.3 is 14.6 Å². The monoisotopic (exact) mass is 310 g/mol. The van der Waals surface area contributed by atoms with Crippen LogP contribution < -0.4 is 9.47 Å². The van der Waals surface area contributed by atoms with Gasteiger partial charge in [0.1, 0.15) is 23.9 Å². The lowest BCUT2D eigenvalue weighted by atomic mass is 10.1. The van der Waals surface area contributed by atoms with E-state index >= 15 is 0 Å². The average molecular weight is 310 g/mol. The van der Waals surface area contributed by atoms with Crippen LogP contribution in [0.25, 0.3) is 12.2 Å². The summed E-state index contributed by atoms with van der Waals surface area (Å²) < 4.78 is 10.8. The first-order chi connectivity index (χ1) is 11.1. The fourth-order valence-electron chi connectivity index (χ4n) is 1.99. The SMILES string of the molecule is COc1cc(O)cc(/C=C/c2ccc(OCC=C(C)C)cc2)c1. The van der Waals surface area contributed by atoms with Crippen molar-refractivity contribution in [3.8, 4) is 17.2 Å². The second kappa shape index (κ2) is 8.08. The van der Waals surface area contributed by atoms with E-state index in [0.29, 0.717) is 12.4 Å². The van der Waals surface area contributed by atoms with Gasteiger partial charge in [-0.1, -0.05) is 29.9 Å². The molecule has 0 saturated carbocycles. The molecule has 0 saturated heterocycles. The van der Waals surface area contributed by atoms with E-state index in [1.54, 1.807) is 19.2 Å². The highest BCUT2D eigenvalue weighted by Gasteiger charge is 1.98. The minimum absolute atomic E-state index is 0.187. The Morgan fingerprint density at radius 3 is 2.30 bits per heavy atom. The second-order valence-electron chi connectivity index (χ2n) is 5.46. The Balaban J connectivity index is 2.03. The molecule has 0 bridgehead atoms. The molecule has 120 valence electrons. The van der Waals surface area contributed by atoms with Gasteiger partial charge in [-0.15, -0.1) is 0 Å². The molecule has 0 atom stereocenters. The van der Waals surface area contributed by atoms with Gasteiger partial charge in [-0.25, -0.2) is 0 Å². The van der Waals surface area contributed by atoms with E-state index < -0.39 is 0 Å². The van der Waals surface area contributed by atoms with E-state index in [9.17, 15) is 5.11 Å². The number of rotatable bonds is 6. The number of phenols is 1. The molecule has 0 heterocycles. The molecule has 0 aliphatic rings. The summed E-state index contributed by atoms with van der Waals surface area (Å²) in [6.07, 6.45) is 5.96. The van der Waals surface area contributed by atoms with E-state index in [-0.39, 0.29) is 5.75 Å². The Labute approximate surface area is 137 Å². The van der Waals surface area contributed by atoms with E-state index in [0.717, 1.165) is 16.9 Å². The van der Waals surface area contributed by atoms with Crippen molar-refractivity contribution in [1.29, 1.82) is 0 Å². The minimum Gasteiger partial charge on any atom is -0.508 e. The zero-order chi connectivity index (χ0) is 16.7. The summed E-state index contributed by atoms with van der Waals surface area (Å²) in [6, 6.07) is 13.0. The van der Waals surface area contributed by atoms with Crippen molar-refractivity contribution in [3.63, 3.8) is 0 Å². The van der Waals surface area contributed by atoms with Crippen molar-refractivity contribution in [2.24, 2.45) is 0 Å². The number of hydrogen-bond donors (Lipinski definition) is 1. The number of benzene rings is 2. The van der Waals surface area contributed by atoms with Gasteiger partial charge in [0, 0.05) is 6.07 Å². The maximum absolute atomic E-state index is 9.64. The van der Waals surface area contributed by atoms with Gasteiger partial charge in [0.15, 0.2) is 0 Å². The van der Waals surface area contributed by atoms with Crippen LogP contribution in [0.4, 0.5) is 0 Å². The minimum atomic E-state index is 0.187. The highest BCUT2D eigenvalue weighted by Crippen LogP contribution is 2.23. The highest BCUT2D eigenvalue weighted by molar-refractivity contribution is 5.71. The van der Waals surface area contributed by atoms with Crippen molar-refractivity contribution < 1.29 is 14.6 Å². The Hall–Kier alpha value is -2.68. The molecular formula is C20H22O3. The first kappa shape index (κ1) is 16.7. The molecule has 2 aromatic rings. The van der Waals surface area contributed by atoms with Crippen LogP contribution in [0.3, 0.4) is 0 Å². The Kier molecular flexibility index (Phi) is 5.87. The summed E-state index contributed by atoms with van der Waals surface area (Å²) in [4.78, 5) is 0. The maximum Gasteiger partial charge on any atom is 0.123 e. The third-order valence-corrected chi connectivity index (χ3v) is 3.24. The zero-order valence-corrected chi connectivity index (χ0v) is 13.7. The maximum atomic E-state index is 9.64. The molecule has 3 heteroatoms. The first-order valence-electron chi connectivity index (χ1n) is 7.49. The van der Waals surface area contributed by atoms with E-state index in [1.807, 2.05) is 62.4 Å². The molecule has 3 nitrogen and oxygen atoms in total. The van der Waals surface area contributed by atoms with Crippen LogP contribution in [0.1, 0.15) is 25.0 Å². The lowest BCUT2D eigenvalue weighted by Crippen LogP contribution is -1.93. The van der Waals surface area contributed by atoms with E-state index in [4.69, 9.17) is 9.47 Å². The van der Waals surface area contributed by atoms with Crippen LogP contribution in [0.2, 0.25) is 0 Å². The van der Waals surface area contributed by atoms with E-state index in [2.05, 4.69) is 0 Å². The number of methoxy groups -OCH3 is 1. The predicted octanol–water partition coefficient (Wildman–Crippen LogP) is 4.92. The summed E-state index contributed by atoms with van der Waals surface area (Å²) in [5, 5.41) is 9.64. The Bertz CT molecular complexity index is 693. The largest absolute Gasteiger partial charge is 0.508 e. The van der Waals surface area contributed by atoms with Gasteiger partial charge >= 0.3 is 0 Å². The van der Waals surface area contributed by atoms with Gasteiger partial charge in [0.25, 0.3) is 0 Å². The smallest absolute Gasteiger partial charge is 0.123 e. The number of phenolic OH excluding ortho intramolecular Hbond substituents is 1. The number of allylic oxidation sites excluding steroid dienone is 1. The summed E-state index contributed by atoms with van der Waals surface area (Å²) in [5.41, 5.74) is 3.18. The van der Waals surface area contributed by atoms with Crippen molar-refractivity contribution in [2.75, 3.05) is 13.7 Å². The number of hydrogen-bond acceptors (Lipinski definition) is 3. The molecule has 2 rings (SSSR count). The summed E-state index contributed by atoms with van der Waals surface area (Å²) >= 11 is 0.